The summed E-state index contributed by atoms with van der Waals surface area (Å²) in [5.41, 5.74) is 7.54. The van der Waals surface area contributed by atoms with E-state index in [0.29, 0.717) is 22.6 Å². The molecule has 0 bridgehead atoms. The Morgan fingerprint density at radius 2 is 1.61 bits per heavy atom. The second kappa shape index (κ2) is 11.3. The number of hydrogen-bond acceptors (Lipinski definition) is 6. The number of nitrogen functional groups attached to an aromatic ring is 1. The molecule has 1 heterocycles. The monoisotopic (exact) mass is 493 g/mol. The normalized spacial score (nSPS) is 19.4. The fourth-order valence-corrected chi connectivity index (χ4v) is 4.51. The zero-order chi connectivity index (χ0) is 25.7. The zero-order valence-corrected chi connectivity index (χ0v) is 19.9. The largest absolute Gasteiger partial charge is 0.384 e. The molecular formula is C26H31N5O5. The number of morpholine rings is 1. The lowest BCUT2D eigenvalue weighted by molar-refractivity contribution is -0.150. The standard InChI is InChI=1S/C26H31N5O5/c27-23(28)16-6-8-18(9-7-16)30-25(34)21(32)22-26(35)31(14-15-36-22)20-12-10-19(11-13-20)29-24(33)17-4-2-1-3-5-17/h6-13,17,21-22,32H,1-5,14-15H2,(H3,27,28)(H,29,33)(H,30,34). The first-order valence-corrected chi connectivity index (χ1v) is 12.1. The molecule has 2 aromatic rings. The molecule has 36 heavy (non-hydrogen) atoms. The molecule has 2 fully saturated rings. The molecule has 1 aliphatic heterocycles. The summed E-state index contributed by atoms with van der Waals surface area (Å²) < 4.78 is 5.45. The van der Waals surface area contributed by atoms with Crippen molar-refractivity contribution in [3.8, 4) is 0 Å². The summed E-state index contributed by atoms with van der Waals surface area (Å²) in [6.07, 6.45) is 2.07. The van der Waals surface area contributed by atoms with E-state index in [1.807, 2.05) is 0 Å². The van der Waals surface area contributed by atoms with Crippen molar-refractivity contribution < 1.29 is 24.2 Å². The third kappa shape index (κ3) is 5.89. The summed E-state index contributed by atoms with van der Waals surface area (Å²) in [4.78, 5) is 39.6. The van der Waals surface area contributed by atoms with Crippen LogP contribution in [0.3, 0.4) is 0 Å². The van der Waals surface area contributed by atoms with Gasteiger partial charge in [-0.15, -0.1) is 0 Å². The maximum absolute atomic E-state index is 13.1. The first kappa shape index (κ1) is 25.3. The van der Waals surface area contributed by atoms with Crippen molar-refractivity contribution in [1.82, 2.24) is 0 Å². The van der Waals surface area contributed by atoms with E-state index in [1.54, 1.807) is 48.5 Å². The first-order valence-electron chi connectivity index (χ1n) is 12.1. The Kier molecular flexibility index (Phi) is 7.97. The van der Waals surface area contributed by atoms with E-state index in [4.69, 9.17) is 15.9 Å². The Labute approximate surface area is 209 Å². The minimum atomic E-state index is -1.72. The molecule has 1 saturated heterocycles. The number of nitrogens with zero attached hydrogens (tertiary/aromatic N) is 1. The van der Waals surface area contributed by atoms with Crippen LogP contribution in [-0.4, -0.2) is 54.0 Å². The van der Waals surface area contributed by atoms with Gasteiger partial charge < -0.3 is 31.1 Å². The van der Waals surface area contributed by atoms with Gasteiger partial charge in [-0.3, -0.25) is 19.8 Å². The van der Waals surface area contributed by atoms with Gasteiger partial charge in [0.1, 0.15) is 5.84 Å². The van der Waals surface area contributed by atoms with Gasteiger partial charge in [0.05, 0.1) is 6.61 Å². The molecule has 2 unspecified atom stereocenters. The number of anilines is 3. The van der Waals surface area contributed by atoms with Gasteiger partial charge in [-0.05, 0) is 61.4 Å². The second-order valence-electron chi connectivity index (χ2n) is 9.08. The molecule has 2 atom stereocenters. The number of amidine groups is 1. The van der Waals surface area contributed by atoms with Crippen LogP contribution in [0.4, 0.5) is 17.1 Å². The minimum Gasteiger partial charge on any atom is -0.384 e. The molecule has 1 saturated carbocycles. The zero-order valence-electron chi connectivity index (χ0n) is 19.9. The highest BCUT2D eigenvalue weighted by atomic mass is 16.5. The number of rotatable bonds is 7. The van der Waals surface area contributed by atoms with Gasteiger partial charge in [-0.2, -0.15) is 0 Å². The van der Waals surface area contributed by atoms with E-state index in [2.05, 4.69) is 10.6 Å². The molecule has 3 amide bonds. The average molecular weight is 494 g/mol. The predicted octanol–water partition coefficient (Wildman–Crippen LogP) is 2.22. The number of benzene rings is 2. The van der Waals surface area contributed by atoms with E-state index in [9.17, 15) is 19.5 Å². The second-order valence-corrected chi connectivity index (χ2v) is 9.08. The molecule has 10 heteroatoms. The smallest absolute Gasteiger partial charge is 0.259 e. The third-order valence-electron chi connectivity index (χ3n) is 6.56. The minimum absolute atomic E-state index is 0.0232. The number of carbonyl (C=O) groups is 3. The lowest BCUT2D eigenvalue weighted by atomic mass is 9.88. The van der Waals surface area contributed by atoms with Crippen LogP contribution in [-0.2, 0) is 19.1 Å². The van der Waals surface area contributed by atoms with Gasteiger partial charge in [-0.1, -0.05) is 19.3 Å². The van der Waals surface area contributed by atoms with Gasteiger partial charge in [0.2, 0.25) is 5.91 Å². The van der Waals surface area contributed by atoms with Crippen molar-refractivity contribution in [2.45, 2.75) is 44.3 Å². The lowest BCUT2D eigenvalue weighted by Crippen LogP contribution is -2.55. The number of aliphatic hydroxyl groups excluding tert-OH is 1. The summed E-state index contributed by atoms with van der Waals surface area (Å²) in [5, 5.41) is 23.5. The van der Waals surface area contributed by atoms with E-state index in [0.717, 1.165) is 25.7 Å². The fourth-order valence-electron chi connectivity index (χ4n) is 4.51. The van der Waals surface area contributed by atoms with Crippen molar-refractivity contribution in [2.75, 3.05) is 28.7 Å². The average Bonchev–Trinajstić information content (AvgIpc) is 2.90. The number of aliphatic hydroxyl groups is 1. The van der Waals surface area contributed by atoms with E-state index in [1.165, 1.54) is 11.3 Å². The van der Waals surface area contributed by atoms with Crippen LogP contribution in [0.25, 0.3) is 0 Å². The van der Waals surface area contributed by atoms with Gasteiger partial charge in [-0.25, -0.2) is 0 Å². The Hall–Kier alpha value is -3.76. The number of nitrogens with two attached hydrogens (primary N) is 1. The van der Waals surface area contributed by atoms with E-state index < -0.39 is 24.0 Å². The summed E-state index contributed by atoms with van der Waals surface area (Å²) >= 11 is 0. The summed E-state index contributed by atoms with van der Waals surface area (Å²) in [5.74, 6) is -1.36. The number of carbonyl (C=O) groups excluding carboxylic acids is 3. The van der Waals surface area contributed by atoms with Crippen LogP contribution in [0.15, 0.2) is 48.5 Å². The third-order valence-corrected chi connectivity index (χ3v) is 6.56. The van der Waals surface area contributed by atoms with Gasteiger partial charge in [0, 0.05) is 35.1 Å². The van der Waals surface area contributed by atoms with Crippen LogP contribution in [0, 0.1) is 11.3 Å². The molecule has 190 valence electrons. The maximum atomic E-state index is 13.1. The van der Waals surface area contributed by atoms with Crippen molar-refractivity contribution in [1.29, 1.82) is 5.41 Å². The van der Waals surface area contributed by atoms with Crippen LogP contribution in [0.5, 0.6) is 0 Å². The summed E-state index contributed by atoms with van der Waals surface area (Å²) in [6.45, 7) is 0.415. The highest BCUT2D eigenvalue weighted by Gasteiger charge is 2.39. The number of amides is 3. The maximum Gasteiger partial charge on any atom is 0.259 e. The van der Waals surface area contributed by atoms with Crippen molar-refractivity contribution >= 4 is 40.6 Å². The number of nitrogens with one attached hydrogen (secondary N) is 3. The van der Waals surface area contributed by atoms with Crippen molar-refractivity contribution in [3.63, 3.8) is 0 Å². The molecule has 1 aliphatic carbocycles. The molecule has 4 rings (SSSR count). The Morgan fingerprint density at radius 3 is 2.25 bits per heavy atom. The summed E-state index contributed by atoms with van der Waals surface area (Å²) in [7, 11) is 0. The molecule has 10 nitrogen and oxygen atoms in total. The van der Waals surface area contributed by atoms with Crippen LogP contribution < -0.4 is 21.3 Å². The highest BCUT2D eigenvalue weighted by Crippen LogP contribution is 2.26. The van der Waals surface area contributed by atoms with Crippen molar-refractivity contribution in [3.05, 3.63) is 54.1 Å². The van der Waals surface area contributed by atoms with E-state index in [-0.39, 0.29) is 30.8 Å². The Balaban J connectivity index is 1.36. The van der Waals surface area contributed by atoms with Gasteiger partial charge in [0.25, 0.3) is 11.8 Å². The molecule has 2 aromatic carbocycles. The molecular weight excluding hydrogens is 462 g/mol. The lowest BCUT2D eigenvalue weighted by Gasteiger charge is -2.34. The van der Waals surface area contributed by atoms with Gasteiger partial charge in [0.15, 0.2) is 12.2 Å². The fraction of sp³-hybridized carbons (Fsp3) is 0.385. The predicted molar refractivity (Wildman–Crippen MR) is 136 cm³/mol. The van der Waals surface area contributed by atoms with Crippen LogP contribution in [0.2, 0.25) is 0 Å². The molecule has 6 N–H and O–H groups in total. The quantitative estimate of drug-likeness (QED) is 0.294. The molecule has 2 aliphatic rings. The van der Waals surface area contributed by atoms with E-state index >= 15 is 0 Å². The SMILES string of the molecule is N=C(N)c1ccc(NC(=O)C(O)C2OCCN(c3ccc(NC(=O)C4CCCCC4)cc3)C2=O)cc1. The Morgan fingerprint density at radius 1 is 1.00 bits per heavy atom. The molecule has 0 spiro atoms. The highest BCUT2D eigenvalue weighted by molar-refractivity contribution is 6.04. The topological polar surface area (TPSA) is 158 Å². The first-order chi connectivity index (χ1) is 17.3. The Bertz CT molecular complexity index is 1110. The van der Waals surface area contributed by atoms with Crippen LogP contribution in [0.1, 0.15) is 37.7 Å². The van der Waals surface area contributed by atoms with Crippen LogP contribution >= 0.6 is 0 Å². The molecule has 0 aromatic heterocycles. The van der Waals surface area contributed by atoms with Gasteiger partial charge >= 0.3 is 0 Å². The summed E-state index contributed by atoms with van der Waals surface area (Å²) in [6, 6.07) is 13.1. The number of hydrogen-bond donors (Lipinski definition) is 5. The molecule has 0 radical (unpaired) electrons. The van der Waals surface area contributed by atoms with Crippen molar-refractivity contribution in [2.24, 2.45) is 11.7 Å². The number of ether oxygens (including phenoxy) is 1.